The predicted octanol–water partition coefficient (Wildman–Crippen LogP) is 18.4. The highest BCUT2D eigenvalue weighted by Gasteiger charge is 2.44. The molecule has 1 amide bonds. The van der Waals surface area contributed by atoms with Crippen LogP contribution < -0.4 is 5.32 Å². The first-order chi connectivity index (χ1) is 41.2. The van der Waals surface area contributed by atoms with Crippen LogP contribution in [-0.4, -0.2) is 100 Å². The lowest BCUT2D eigenvalue weighted by molar-refractivity contribution is -0.302. The first kappa shape index (κ1) is 79.6. The van der Waals surface area contributed by atoms with Gasteiger partial charge in [-0.05, 0) is 77.0 Å². The number of carbonyl (C=O) groups is 2. The minimum Gasteiger partial charge on any atom is -0.466 e. The fourth-order valence-corrected chi connectivity index (χ4v) is 11.2. The zero-order valence-electron chi connectivity index (χ0n) is 54.6. The Morgan fingerprint density at radius 2 is 0.810 bits per heavy atom. The van der Waals surface area contributed by atoms with Crippen molar-refractivity contribution in [1.82, 2.24) is 5.32 Å². The molecule has 0 aromatic carbocycles. The van der Waals surface area contributed by atoms with E-state index in [0.29, 0.717) is 19.4 Å². The number of unbranched alkanes of at least 4 members (excludes halogenated alkanes) is 43. The van der Waals surface area contributed by atoms with Gasteiger partial charge in [0, 0.05) is 12.8 Å². The molecule has 7 atom stereocenters. The van der Waals surface area contributed by atoms with Gasteiger partial charge in [0.15, 0.2) is 6.29 Å². The van der Waals surface area contributed by atoms with Crippen molar-refractivity contribution in [2.24, 2.45) is 0 Å². The van der Waals surface area contributed by atoms with E-state index in [9.17, 15) is 35.1 Å². The monoisotopic (exact) mass is 1190 g/mol. The lowest BCUT2D eigenvalue weighted by atomic mass is 9.99. The normalized spacial score (nSPS) is 18.3. The molecule has 7 unspecified atom stereocenters. The van der Waals surface area contributed by atoms with E-state index in [1.807, 2.05) is 6.08 Å². The Morgan fingerprint density at radius 1 is 0.440 bits per heavy atom. The summed E-state index contributed by atoms with van der Waals surface area (Å²) in [6.07, 6.45) is 71.4. The van der Waals surface area contributed by atoms with Crippen LogP contribution in [0.4, 0.5) is 0 Å². The highest BCUT2D eigenvalue weighted by Crippen LogP contribution is 2.23. The van der Waals surface area contributed by atoms with Crippen molar-refractivity contribution in [3.63, 3.8) is 0 Å². The second-order valence-corrected chi connectivity index (χ2v) is 24.9. The summed E-state index contributed by atoms with van der Waals surface area (Å²) in [5, 5.41) is 54.2. The van der Waals surface area contributed by atoms with Crippen molar-refractivity contribution in [3.8, 4) is 0 Å². The Labute approximate surface area is 516 Å². The van der Waals surface area contributed by atoms with Crippen LogP contribution >= 0.6 is 0 Å². The number of aliphatic hydroxyl groups excluding tert-OH is 5. The van der Waals surface area contributed by atoms with Crippen LogP contribution in [0.2, 0.25) is 0 Å². The van der Waals surface area contributed by atoms with Crippen LogP contribution in [0.1, 0.15) is 341 Å². The van der Waals surface area contributed by atoms with E-state index < -0.39 is 49.5 Å². The number of ether oxygens (including phenoxy) is 3. The summed E-state index contributed by atoms with van der Waals surface area (Å²) >= 11 is 0. The summed E-state index contributed by atoms with van der Waals surface area (Å²) in [6, 6.07) is -0.825. The van der Waals surface area contributed by atoms with Gasteiger partial charge in [-0.2, -0.15) is 0 Å². The Balaban J connectivity index is 1.91. The van der Waals surface area contributed by atoms with Crippen LogP contribution in [-0.2, 0) is 23.8 Å². The van der Waals surface area contributed by atoms with Gasteiger partial charge in [0.05, 0.1) is 32.0 Å². The molecule has 0 bridgehead atoms. The van der Waals surface area contributed by atoms with Crippen LogP contribution in [0.3, 0.4) is 0 Å². The lowest BCUT2D eigenvalue weighted by Crippen LogP contribution is -2.60. The number of aliphatic hydroxyl groups is 5. The second kappa shape index (κ2) is 62.2. The average Bonchev–Trinajstić information content (AvgIpc) is 3.39. The molecular formula is C73H135NO10. The summed E-state index contributed by atoms with van der Waals surface area (Å²) in [6.45, 7) is 4.30. The van der Waals surface area contributed by atoms with Crippen molar-refractivity contribution in [2.45, 2.75) is 384 Å². The van der Waals surface area contributed by atoms with Gasteiger partial charge in [-0.15, -0.1) is 0 Å². The van der Waals surface area contributed by atoms with E-state index in [1.54, 1.807) is 6.08 Å². The van der Waals surface area contributed by atoms with Gasteiger partial charge in [-0.1, -0.05) is 300 Å². The Morgan fingerprint density at radius 3 is 1.27 bits per heavy atom. The zero-order valence-corrected chi connectivity index (χ0v) is 54.6. The molecular weight excluding hydrogens is 1050 g/mol. The number of hydrogen-bond donors (Lipinski definition) is 6. The zero-order chi connectivity index (χ0) is 60.9. The minimum absolute atomic E-state index is 0.00902. The third-order valence-electron chi connectivity index (χ3n) is 16.9. The molecule has 1 aliphatic rings. The van der Waals surface area contributed by atoms with E-state index in [0.717, 1.165) is 57.8 Å². The Kier molecular flexibility index (Phi) is 59.0. The van der Waals surface area contributed by atoms with E-state index in [-0.39, 0.29) is 18.5 Å². The number of nitrogens with one attached hydrogen (secondary N) is 1. The largest absolute Gasteiger partial charge is 0.466 e. The van der Waals surface area contributed by atoms with Crippen LogP contribution in [0, 0.1) is 0 Å². The van der Waals surface area contributed by atoms with Crippen molar-refractivity contribution >= 4 is 11.9 Å². The molecule has 0 aromatic heterocycles. The van der Waals surface area contributed by atoms with Crippen molar-refractivity contribution < 1.29 is 49.3 Å². The van der Waals surface area contributed by atoms with E-state index >= 15 is 0 Å². The van der Waals surface area contributed by atoms with Gasteiger partial charge in [-0.3, -0.25) is 9.59 Å². The lowest BCUT2D eigenvalue weighted by Gasteiger charge is -2.40. The Bertz CT molecular complexity index is 1530. The first-order valence-corrected chi connectivity index (χ1v) is 35.9. The average molecular weight is 1190 g/mol. The maximum Gasteiger partial charge on any atom is 0.305 e. The first-order valence-electron chi connectivity index (χ1n) is 35.9. The fraction of sp³-hybridized carbons (Fsp3) is 0.863. The quantitative estimate of drug-likeness (QED) is 0.0195. The summed E-state index contributed by atoms with van der Waals surface area (Å²) in [5.74, 6) is -0.183. The van der Waals surface area contributed by atoms with Gasteiger partial charge in [0.1, 0.15) is 24.4 Å². The van der Waals surface area contributed by atoms with Gasteiger partial charge in [-0.25, -0.2) is 0 Å². The summed E-state index contributed by atoms with van der Waals surface area (Å²) < 4.78 is 16.7. The third-order valence-corrected chi connectivity index (χ3v) is 16.9. The topological polar surface area (TPSA) is 175 Å². The molecule has 0 aromatic rings. The van der Waals surface area contributed by atoms with Gasteiger partial charge >= 0.3 is 5.97 Å². The molecule has 1 fully saturated rings. The molecule has 1 aliphatic heterocycles. The van der Waals surface area contributed by atoms with Crippen LogP contribution in [0.25, 0.3) is 0 Å². The Hall–Kier alpha value is -2.38. The molecule has 0 spiro atoms. The third kappa shape index (κ3) is 50.6. The summed E-state index contributed by atoms with van der Waals surface area (Å²) in [5.41, 5.74) is 0. The van der Waals surface area contributed by atoms with Gasteiger partial charge in [0.25, 0.3) is 0 Å². The van der Waals surface area contributed by atoms with Gasteiger partial charge in [0.2, 0.25) is 5.91 Å². The maximum atomic E-state index is 13.0. The molecule has 84 heavy (non-hydrogen) atoms. The highest BCUT2D eigenvalue weighted by molar-refractivity contribution is 5.76. The fourth-order valence-electron chi connectivity index (χ4n) is 11.2. The molecule has 11 heteroatoms. The molecule has 1 rings (SSSR count). The molecule has 11 nitrogen and oxygen atoms in total. The molecule has 1 saturated heterocycles. The number of hydrogen-bond acceptors (Lipinski definition) is 10. The van der Waals surface area contributed by atoms with Crippen molar-refractivity contribution in [3.05, 3.63) is 48.6 Å². The molecule has 6 N–H and O–H groups in total. The standard InChI is InChI=1S/C73H135NO10/c1-3-5-7-9-11-13-14-15-38-41-45-49-53-57-61-69(78)82-62-58-54-50-46-42-39-36-34-32-30-28-26-24-22-20-18-16-17-19-21-23-25-27-29-31-33-35-37-40-44-48-52-56-60-68(77)74-65(66(76)59-55-51-47-43-12-10-8-6-4-2)64-83-73-72(81)71(80)70(79)67(63-75)84-73/h12,20,22,26,28,43,55,59,65-67,70-73,75-76,79-81H,3-11,13-19,21,23-25,27,29-42,44-54,56-58,60-64H2,1-2H3,(H,74,77)/b22-20-,28-26-,43-12+,59-55+. The van der Waals surface area contributed by atoms with Crippen molar-refractivity contribution in [2.75, 3.05) is 19.8 Å². The second-order valence-electron chi connectivity index (χ2n) is 24.9. The smallest absolute Gasteiger partial charge is 0.305 e. The van der Waals surface area contributed by atoms with Crippen molar-refractivity contribution in [1.29, 1.82) is 0 Å². The van der Waals surface area contributed by atoms with E-state index in [4.69, 9.17) is 14.2 Å². The van der Waals surface area contributed by atoms with Crippen LogP contribution in [0.15, 0.2) is 48.6 Å². The van der Waals surface area contributed by atoms with Gasteiger partial charge < -0.3 is 45.1 Å². The van der Waals surface area contributed by atoms with E-state index in [2.05, 4.69) is 55.6 Å². The predicted molar refractivity (Wildman–Crippen MR) is 352 cm³/mol. The molecule has 492 valence electrons. The number of amides is 1. The molecule has 1 heterocycles. The summed E-state index contributed by atoms with van der Waals surface area (Å²) in [4.78, 5) is 25.1. The number of carbonyl (C=O) groups excluding carboxylic acids is 2. The number of esters is 1. The molecule has 0 radical (unpaired) electrons. The van der Waals surface area contributed by atoms with E-state index in [1.165, 1.54) is 257 Å². The maximum absolute atomic E-state index is 13.0. The molecule has 0 saturated carbocycles. The summed E-state index contributed by atoms with van der Waals surface area (Å²) in [7, 11) is 0. The minimum atomic E-state index is -1.58. The number of rotatable bonds is 63. The molecule has 0 aliphatic carbocycles. The number of allylic oxidation sites excluding steroid dienone is 7. The highest BCUT2D eigenvalue weighted by atomic mass is 16.7. The van der Waals surface area contributed by atoms with Crippen LogP contribution in [0.5, 0.6) is 0 Å². The SMILES string of the molecule is CCCCC/C=C/CC/C=C/C(O)C(COC1OC(CO)C(O)C(O)C1O)NC(=O)CCCCCCCCCCCCCCCCCCC/C=C\C/C=C\CCCCCCCCCCCOC(=O)CCCCCCCCCCCCCCCC.